The average Bonchev–Trinajstić information content (AvgIpc) is 3.24. The summed E-state index contributed by atoms with van der Waals surface area (Å²) in [4.78, 5) is 21.6. The third kappa shape index (κ3) is 4.38. The molecule has 0 radical (unpaired) electrons. The van der Waals surface area contributed by atoms with Crippen molar-refractivity contribution in [3.63, 3.8) is 0 Å². The summed E-state index contributed by atoms with van der Waals surface area (Å²) in [6.45, 7) is 2.59. The van der Waals surface area contributed by atoms with Crippen LogP contribution in [0.3, 0.4) is 0 Å². The van der Waals surface area contributed by atoms with Gasteiger partial charge in [-0.2, -0.15) is 4.98 Å². The monoisotopic (exact) mass is 442 g/mol. The Labute approximate surface area is 192 Å². The van der Waals surface area contributed by atoms with Crippen molar-refractivity contribution in [1.82, 2.24) is 25.2 Å². The Morgan fingerprint density at radius 2 is 1.91 bits per heavy atom. The summed E-state index contributed by atoms with van der Waals surface area (Å²) in [7, 11) is 1.36. The first kappa shape index (κ1) is 21.0. The number of methoxy groups -OCH3 is 1. The Bertz CT molecular complexity index is 1290. The van der Waals surface area contributed by atoms with Gasteiger partial charge in [-0.05, 0) is 17.7 Å². The fraction of sp³-hybridized carbons (Fsp3) is 0.240. The minimum Gasteiger partial charge on any atom is -0.453 e. The zero-order valence-electron chi connectivity index (χ0n) is 18.5. The molecular weight excluding hydrogens is 416 g/mol. The third-order valence-electron chi connectivity index (χ3n) is 5.81. The van der Waals surface area contributed by atoms with Crippen molar-refractivity contribution < 1.29 is 9.53 Å². The van der Waals surface area contributed by atoms with Crippen LogP contribution >= 0.6 is 0 Å². The maximum Gasteiger partial charge on any atom is 0.407 e. The van der Waals surface area contributed by atoms with Crippen LogP contribution < -0.4 is 16.0 Å². The Morgan fingerprint density at radius 1 is 1.09 bits per heavy atom. The molecule has 5 rings (SSSR count). The fourth-order valence-corrected chi connectivity index (χ4v) is 4.17. The molecule has 0 unspecified atom stereocenters. The van der Waals surface area contributed by atoms with E-state index in [1.54, 1.807) is 0 Å². The van der Waals surface area contributed by atoms with Gasteiger partial charge in [0, 0.05) is 42.7 Å². The van der Waals surface area contributed by atoms with Gasteiger partial charge >= 0.3 is 6.09 Å². The van der Waals surface area contributed by atoms with E-state index in [0.717, 1.165) is 53.2 Å². The van der Waals surface area contributed by atoms with Crippen molar-refractivity contribution >= 4 is 22.8 Å². The van der Waals surface area contributed by atoms with Gasteiger partial charge in [-0.25, -0.2) is 9.78 Å². The molecule has 3 heterocycles. The maximum absolute atomic E-state index is 11.7. The largest absolute Gasteiger partial charge is 0.453 e. The molecule has 0 fully saturated rings. The number of para-hydroxylation sites is 1. The number of nitrogens with zero attached hydrogens (tertiary/aromatic N) is 3. The normalized spacial score (nSPS) is 12.9. The molecule has 2 aromatic heterocycles. The summed E-state index contributed by atoms with van der Waals surface area (Å²) in [6, 6.07) is 20.4. The molecule has 0 spiro atoms. The van der Waals surface area contributed by atoms with E-state index in [-0.39, 0.29) is 0 Å². The highest BCUT2D eigenvalue weighted by molar-refractivity contribution is 5.83. The number of ether oxygens (including phenoxy) is 1. The molecule has 1 aliphatic heterocycles. The topological polar surface area (TPSA) is 93.1 Å². The lowest BCUT2D eigenvalue weighted by atomic mass is 10.1. The Morgan fingerprint density at radius 3 is 2.76 bits per heavy atom. The van der Waals surface area contributed by atoms with Crippen LogP contribution in [-0.2, 0) is 30.8 Å². The predicted octanol–water partition coefficient (Wildman–Crippen LogP) is 3.53. The van der Waals surface area contributed by atoms with E-state index in [1.807, 2.05) is 53.1 Å². The zero-order chi connectivity index (χ0) is 22.6. The molecule has 0 saturated heterocycles. The van der Waals surface area contributed by atoms with Gasteiger partial charge in [-0.15, -0.1) is 0 Å². The first-order valence-corrected chi connectivity index (χ1v) is 11.0. The predicted molar refractivity (Wildman–Crippen MR) is 127 cm³/mol. The Hall–Kier alpha value is -3.91. The number of hydrogen-bond donors (Lipinski definition) is 3. The first-order valence-electron chi connectivity index (χ1n) is 11.0. The van der Waals surface area contributed by atoms with E-state index >= 15 is 0 Å². The molecular formula is C25H26N6O2. The van der Waals surface area contributed by atoms with Crippen LogP contribution in [0, 0.1) is 0 Å². The highest BCUT2D eigenvalue weighted by atomic mass is 16.5. The van der Waals surface area contributed by atoms with E-state index in [0.29, 0.717) is 19.0 Å². The summed E-state index contributed by atoms with van der Waals surface area (Å²) in [6.07, 6.45) is 0.356. The number of alkyl carbamates (subject to hydrolysis) is 1. The highest BCUT2D eigenvalue weighted by Crippen LogP contribution is 2.27. The summed E-state index contributed by atoms with van der Waals surface area (Å²) < 4.78 is 6.77. The van der Waals surface area contributed by atoms with Crippen molar-refractivity contribution in [2.75, 3.05) is 19.0 Å². The quantitative estimate of drug-likeness (QED) is 0.423. The summed E-state index contributed by atoms with van der Waals surface area (Å²) in [5.41, 5.74) is 5.20. The number of carbonyl (C=O) groups is 1. The smallest absolute Gasteiger partial charge is 0.407 e. The minimum absolute atomic E-state index is 0.302. The Balaban J connectivity index is 1.58. The first-order chi connectivity index (χ1) is 16.2. The average molecular weight is 443 g/mol. The van der Waals surface area contributed by atoms with E-state index < -0.39 is 6.09 Å². The lowest BCUT2D eigenvalue weighted by molar-refractivity contribution is 0.170. The van der Waals surface area contributed by atoms with E-state index in [4.69, 9.17) is 14.7 Å². The van der Waals surface area contributed by atoms with Crippen LogP contribution in [-0.4, -0.2) is 34.3 Å². The van der Waals surface area contributed by atoms with Gasteiger partial charge in [0.2, 0.25) is 5.95 Å². The maximum atomic E-state index is 11.7. The van der Waals surface area contributed by atoms with Gasteiger partial charge in [-0.3, -0.25) is 4.57 Å². The molecule has 168 valence electrons. The molecule has 0 saturated carbocycles. The van der Waals surface area contributed by atoms with Gasteiger partial charge in [0.05, 0.1) is 24.9 Å². The van der Waals surface area contributed by atoms with Crippen molar-refractivity contribution in [3.05, 3.63) is 83.2 Å². The molecule has 33 heavy (non-hydrogen) atoms. The summed E-state index contributed by atoms with van der Waals surface area (Å²) >= 11 is 0. The van der Waals surface area contributed by atoms with E-state index in [9.17, 15) is 4.79 Å². The van der Waals surface area contributed by atoms with Crippen molar-refractivity contribution in [3.8, 4) is 5.95 Å². The molecule has 0 bridgehead atoms. The second kappa shape index (κ2) is 9.30. The number of anilines is 1. The Kier molecular flexibility index (Phi) is 5.91. The summed E-state index contributed by atoms with van der Waals surface area (Å²) in [5, 5.41) is 10.8. The van der Waals surface area contributed by atoms with Gasteiger partial charge in [0.15, 0.2) is 0 Å². The number of nitrogens with one attached hydrogen (secondary N) is 3. The number of hydrogen-bond acceptors (Lipinski definition) is 6. The third-order valence-corrected chi connectivity index (χ3v) is 5.81. The molecule has 0 atom stereocenters. The van der Waals surface area contributed by atoms with Crippen molar-refractivity contribution in [2.24, 2.45) is 0 Å². The second-order valence-corrected chi connectivity index (χ2v) is 7.94. The lowest BCUT2D eigenvalue weighted by Gasteiger charge is -2.22. The lowest BCUT2D eigenvalue weighted by Crippen LogP contribution is -2.28. The summed E-state index contributed by atoms with van der Waals surface area (Å²) in [5.74, 6) is 1.42. The fourth-order valence-electron chi connectivity index (χ4n) is 4.17. The molecule has 0 aliphatic carbocycles. The molecule has 8 nitrogen and oxygen atoms in total. The standard InChI is InChI=1S/C25H26N6O2/c1-33-25(32)28-15-19-13-18-9-5-6-10-22(18)31(19)24-29-21-11-12-26-16-20(21)23(30-24)27-14-17-7-3-2-4-8-17/h2-10,13,26H,11-12,14-16H2,1H3,(H,28,32)(H,27,29,30). The number of benzene rings is 2. The van der Waals surface area contributed by atoms with Crippen LogP contribution in [0.25, 0.3) is 16.9 Å². The van der Waals surface area contributed by atoms with E-state index in [2.05, 4.69) is 28.1 Å². The number of carbonyl (C=O) groups excluding carboxylic acids is 1. The van der Waals surface area contributed by atoms with Gasteiger partial charge in [-0.1, -0.05) is 48.5 Å². The zero-order valence-corrected chi connectivity index (χ0v) is 18.5. The van der Waals surface area contributed by atoms with Crippen LogP contribution in [0.1, 0.15) is 22.5 Å². The van der Waals surface area contributed by atoms with Gasteiger partial charge in [0.1, 0.15) is 5.82 Å². The van der Waals surface area contributed by atoms with Gasteiger partial charge in [0.25, 0.3) is 0 Å². The second-order valence-electron chi connectivity index (χ2n) is 7.94. The van der Waals surface area contributed by atoms with Crippen LogP contribution in [0.2, 0.25) is 0 Å². The van der Waals surface area contributed by atoms with Crippen LogP contribution in [0.4, 0.5) is 10.6 Å². The molecule has 8 heteroatoms. The number of aromatic nitrogens is 3. The van der Waals surface area contributed by atoms with Crippen molar-refractivity contribution in [2.45, 2.75) is 26.1 Å². The van der Waals surface area contributed by atoms with Gasteiger partial charge < -0.3 is 20.7 Å². The minimum atomic E-state index is -0.477. The van der Waals surface area contributed by atoms with Crippen LogP contribution in [0.5, 0.6) is 0 Å². The van der Waals surface area contributed by atoms with E-state index in [1.165, 1.54) is 12.7 Å². The number of fused-ring (bicyclic) bond motifs is 2. The molecule has 3 N–H and O–H groups in total. The molecule has 2 aromatic carbocycles. The molecule has 1 aliphatic rings. The van der Waals surface area contributed by atoms with Crippen LogP contribution in [0.15, 0.2) is 60.7 Å². The number of rotatable bonds is 6. The molecule has 1 amide bonds. The number of amides is 1. The molecule has 4 aromatic rings. The SMILES string of the molecule is COC(=O)NCc1cc2ccccc2n1-c1nc2c(c(NCc3ccccc3)n1)CNCC2. The highest BCUT2D eigenvalue weighted by Gasteiger charge is 2.21. The van der Waals surface area contributed by atoms with Crippen molar-refractivity contribution in [1.29, 1.82) is 0 Å².